The van der Waals surface area contributed by atoms with Crippen molar-refractivity contribution >= 4 is 21.5 Å². The van der Waals surface area contributed by atoms with Crippen LogP contribution < -0.4 is 14.4 Å². The number of piperidine rings is 1. The minimum atomic E-state index is -3.71. The van der Waals surface area contributed by atoms with Crippen LogP contribution in [0.4, 0.5) is 11.5 Å². The van der Waals surface area contributed by atoms with Gasteiger partial charge in [-0.2, -0.15) is 0 Å². The summed E-state index contributed by atoms with van der Waals surface area (Å²) < 4.78 is 33.5. The summed E-state index contributed by atoms with van der Waals surface area (Å²) in [5.41, 5.74) is 1.96. The lowest BCUT2D eigenvalue weighted by molar-refractivity contribution is 0.340. The van der Waals surface area contributed by atoms with Crippen molar-refractivity contribution in [1.82, 2.24) is 10.2 Å². The molecule has 7 nitrogen and oxygen atoms in total. The Balaban J connectivity index is 1.50. The maximum Gasteiger partial charge on any atom is 0.261 e. The molecule has 0 saturated carbocycles. The summed E-state index contributed by atoms with van der Waals surface area (Å²) in [7, 11) is -3.71. The number of ether oxygens (including phenoxy) is 1. The van der Waals surface area contributed by atoms with E-state index in [4.69, 9.17) is 4.74 Å². The summed E-state index contributed by atoms with van der Waals surface area (Å²) >= 11 is 0. The van der Waals surface area contributed by atoms with E-state index >= 15 is 0 Å². The van der Waals surface area contributed by atoms with E-state index in [1.807, 2.05) is 25.1 Å². The molecule has 2 aromatic carbocycles. The molecule has 0 radical (unpaired) electrons. The third kappa shape index (κ3) is 5.14. The summed E-state index contributed by atoms with van der Waals surface area (Å²) in [5.74, 6) is 1.52. The average Bonchev–Trinajstić information content (AvgIpc) is 2.80. The van der Waals surface area contributed by atoms with E-state index in [1.165, 1.54) is 31.4 Å². The molecule has 1 aliphatic heterocycles. The van der Waals surface area contributed by atoms with E-state index < -0.39 is 10.0 Å². The largest absolute Gasteiger partial charge is 0.494 e. The first-order valence-electron chi connectivity index (χ1n) is 10.5. The van der Waals surface area contributed by atoms with E-state index in [0.29, 0.717) is 23.7 Å². The van der Waals surface area contributed by atoms with Crippen LogP contribution in [0.3, 0.4) is 0 Å². The normalized spacial score (nSPS) is 14.3. The quantitative estimate of drug-likeness (QED) is 0.591. The number of nitrogens with one attached hydrogen (secondary N) is 1. The zero-order valence-electron chi connectivity index (χ0n) is 17.5. The monoisotopic (exact) mass is 438 g/mol. The zero-order valence-corrected chi connectivity index (χ0v) is 18.3. The number of sulfonamides is 1. The summed E-state index contributed by atoms with van der Waals surface area (Å²) in [6, 6.07) is 17.4. The van der Waals surface area contributed by atoms with Crippen molar-refractivity contribution < 1.29 is 13.2 Å². The van der Waals surface area contributed by atoms with Gasteiger partial charge in [0.25, 0.3) is 10.0 Å². The van der Waals surface area contributed by atoms with Gasteiger partial charge >= 0.3 is 0 Å². The van der Waals surface area contributed by atoms with Crippen LogP contribution in [0.5, 0.6) is 5.75 Å². The van der Waals surface area contributed by atoms with Crippen LogP contribution in [-0.2, 0) is 10.0 Å². The van der Waals surface area contributed by atoms with Gasteiger partial charge in [0.2, 0.25) is 0 Å². The van der Waals surface area contributed by atoms with Gasteiger partial charge in [-0.05, 0) is 74.7 Å². The fourth-order valence-corrected chi connectivity index (χ4v) is 4.66. The van der Waals surface area contributed by atoms with Crippen LogP contribution >= 0.6 is 0 Å². The van der Waals surface area contributed by atoms with Crippen molar-refractivity contribution in [3.8, 4) is 17.0 Å². The Hall–Kier alpha value is -3.13. The highest BCUT2D eigenvalue weighted by atomic mass is 32.2. The number of hydrogen-bond donors (Lipinski definition) is 1. The molecule has 0 atom stereocenters. The highest BCUT2D eigenvalue weighted by Gasteiger charge is 2.16. The Morgan fingerprint density at radius 2 is 1.74 bits per heavy atom. The molecular formula is C23H26N4O3S. The smallest absolute Gasteiger partial charge is 0.261 e. The second-order valence-electron chi connectivity index (χ2n) is 7.42. The molecule has 162 valence electrons. The molecule has 4 rings (SSSR count). The van der Waals surface area contributed by atoms with Crippen LogP contribution in [0.25, 0.3) is 11.3 Å². The minimum Gasteiger partial charge on any atom is -0.494 e. The second kappa shape index (κ2) is 9.34. The van der Waals surface area contributed by atoms with E-state index in [9.17, 15) is 8.42 Å². The standard InChI is InChI=1S/C23H26N4O3S/c1-2-30-20-9-11-21(12-10-20)31(28,29)26-19-8-6-7-18(17-19)22-13-14-23(25-24-22)27-15-4-3-5-16-27/h6-14,17,26H,2-5,15-16H2,1H3. The number of aromatic nitrogens is 2. The molecule has 31 heavy (non-hydrogen) atoms. The fourth-order valence-electron chi connectivity index (χ4n) is 3.61. The Kier molecular flexibility index (Phi) is 6.36. The van der Waals surface area contributed by atoms with Crippen LogP contribution in [0, 0.1) is 0 Å². The molecule has 0 bridgehead atoms. The van der Waals surface area contributed by atoms with Gasteiger partial charge in [-0.25, -0.2) is 8.42 Å². The third-order valence-corrected chi connectivity index (χ3v) is 6.58. The number of nitrogens with zero attached hydrogens (tertiary/aromatic N) is 3. The molecular weight excluding hydrogens is 412 g/mol. The van der Waals surface area contributed by atoms with E-state index in [0.717, 1.165) is 24.5 Å². The Morgan fingerprint density at radius 1 is 0.968 bits per heavy atom. The first-order chi connectivity index (χ1) is 15.0. The molecule has 0 amide bonds. The predicted molar refractivity (Wildman–Crippen MR) is 122 cm³/mol. The van der Waals surface area contributed by atoms with E-state index in [-0.39, 0.29) is 4.90 Å². The van der Waals surface area contributed by atoms with Crippen molar-refractivity contribution in [2.75, 3.05) is 29.3 Å². The van der Waals surface area contributed by atoms with Crippen LogP contribution in [0.15, 0.2) is 65.6 Å². The van der Waals surface area contributed by atoms with Crippen molar-refractivity contribution in [2.45, 2.75) is 31.1 Å². The van der Waals surface area contributed by atoms with Crippen LogP contribution in [-0.4, -0.2) is 38.3 Å². The zero-order chi connectivity index (χ0) is 21.7. The Labute approximate surface area is 183 Å². The molecule has 0 aliphatic carbocycles. The van der Waals surface area contributed by atoms with Gasteiger partial charge in [0.1, 0.15) is 5.75 Å². The molecule has 2 heterocycles. The maximum atomic E-state index is 12.8. The van der Waals surface area contributed by atoms with Crippen molar-refractivity contribution in [3.63, 3.8) is 0 Å². The van der Waals surface area contributed by atoms with Gasteiger partial charge in [0.05, 0.1) is 17.2 Å². The number of rotatable bonds is 7. The van der Waals surface area contributed by atoms with Crippen molar-refractivity contribution in [2.24, 2.45) is 0 Å². The number of benzene rings is 2. The molecule has 0 spiro atoms. The molecule has 1 N–H and O–H groups in total. The molecule has 3 aromatic rings. The topological polar surface area (TPSA) is 84.4 Å². The van der Waals surface area contributed by atoms with Gasteiger partial charge in [0.15, 0.2) is 5.82 Å². The van der Waals surface area contributed by atoms with Crippen LogP contribution in [0.2, 0.25) is 0 Å². The lowest BCUT2D eigenvalue weighted by Gasteiger charge is -2.27. The highest BCUT2D eigenvalue weighted by molar-refractivity contribution is 7.92. The van der Waals surface area contributed by atoms with Gasteiger partial charge < -0.3 is 9.64 Å². The summed E-state index contributed by atoms with van der Waals surface area (Å²) in [5, 5.41) is 8.74. The van der Waals surface area contributed by atoms with Crippen molar-refractivity contribution in [1.29, 1.82) is 0 Å². The van der Waals surface area contributed by atoms with E-state index in [2.05, 4.69) is 19.8 Å². The first-order valence-corrected chi connectivity index (χ1v) is 12.0. The third-order valence-electron chi connectivity index (χ3n) is 5.19. The average molecular weight is 439 g/mol. The molecule has 1 fully saturated rings. The minimum absolute atomic E-state index is 0.173. The maximum absolute atomic E-state index is 12.8. The molecule has 0 unspecified atom stereocenters. The van der Waals surface area contributed by atoms with Gasteiger partial charge in [-0.15, -0.1) is 10.2 Å². The molecule has 1 saturated heterocycles. The summed E-state index contributed by atoms with van der Waals surface area (Å²) in [6.07, 6.45) is 3.63. The first kappa shape index (κ1) is 21.1. The number of hydrogen-bond acceptors (Lipinski definition) is 6. The lowest BCUT2D eigenvalue weighted by atomic mass is 10.1. The van der Waals surface area contributed by atoms with Gasteiger partial charge in [-0.3, -0.25) is 4.72 Å². The number of anilines is 2. The molecule has 1 aliphatic rings. The van der Waals surface area contributed by atoms with Crippen molar-refractivity contribution in [3.05, 3.63) is 60.7 Å². The summed E-state index contributed by atoms with van der Waals surface area (Å²) in [6.45, 7) is 4.43. The lowest BCUT2D eigenvalue weighted by Crippen LogP contribution is -2.30. The van der Waals surface area contributed by atoms with E-state index in [1.54, 1.807) is 30.3 Å². The fraction of sp³-hybridized carbons (Fsp3) is 0.304. The van der Waals surface area contributed by atoms with Gasteiger partial charge in [0, 0.05) is 24.3 Å². The SMILES string of the molecule is CCOc1ccc(S(=O)(=O)Nc2cccc(-c3ccc(N4CCCCC4)nn3)c2)cc1. The summed E-state index contributed by atoms with van der Waals surface area (Å²) in [4.78, 5) is 2.42. The Bertz CT molecular complexity index is 1110. The highest BCUT2D eigenvalue weighted by Crippen LogP contribution is 2.25. The molecule has 8 heteroatoms. The van der Waals surface area contributed by atoms with Gasteiger partial charge in [-0.1, -0.05) is 12.1 Å². The molecule has 1 aromatic heterocycles. The van der Waals surface area contributed by atoms with Crippen LogP contribution in [0.1, 0.15) is 26.2 Å². The predicted octanol–water partition coefficient (Wildman–Crippen LogP) is 4.33. The Morgan fingerprint density at radius 3 is 2.42 bits per heavy atom. The second-order valence-corrected chi connectivity index (χ2v) is 9.10.